The summed E-state index contributed by atoms with van der Waals surface area (Å²) in [5, 5.41) is 12.0. The van der Waals surface area contributed by atoms with Crippen molar-refractivity contribution in [1.82, 2.24) is 5.32 Å². The van der Waals surface area contributed by atoms with E-state index in [-0.39, 0.29) is 0 Å². The van der Waals surface area contributed by atoms with Crippen LogP contribution in [0.25, 0.3) is 0 Å². The third-order valence-corrected chi connectivity index (χ3v) is 3.59. The molecule has 0 aliphatic heterocycles. The van der Waals surface area contributed by atoms with E-state index in [1.165, 1.54) is 25.7 Å². The average Bonchev–Trinajstić information content (AvgIpc) is 2.81. The molecule has 0 saturated heterocycles. The van der Waals surface area contributed by atoms with Crippen molar-refractivity contribution in [2.24, 2.45) is 5.92 Å². The molecule has 1 aliphatic rings. The predicted octanol–water partition coefficient (Wildman–Crippen LogP) is 2.48. The molecule has 3 heteroatoms. The molecular weight excluding hydrogens is 200 g/mol. The van der Waals surface area contributed by atoms with Gasteiger partial charge in [-0.1, -0.05) is 12.8 Å². The van der Waals surface area contributed by atoms with Crippen LogP contribution >= 0.6 is 0 Å². The Morgan fingerprint density at radius 2 is 2.12 bits per heavy atom. The van der Waals surface area contributed by atoms with E-state index < -0.39 is 5.54 Å². The molecule has 0 bridgehead atoms. The summed E-state index contributed by atoms with van der Waals surface area (Å²) in [5.41, 5.74) is -0.392. The summed E-state index contributed by atoms with van der Waals surface area (Å²) in [6, 6.07) is 2.29. The molecule has 0 radical (unpaired) electrons. The number of nitrogens with one attached hydrogen (secondary N) is 1. The van der Waals surface area contributed by atoms with Crippen molar-refractivity contribution >= 4 is 0 Å². The lowest BCUT2D eigenvalue weighted by molar-refractivity contribution is 0.0954. The maximum absolute atomic E-state index is 8.96. The molecule has 0 spiro atoms. The first-order valence-electron chi connectivity index (χ1n) is 6.38. The van der Waals surface area contributed by atoms with Gasteiger partial charge in [-0.05, 0) is 45.6 Å². The van der Waals surface area contributed by atoms with E-state index in [4.69, 9.17) is 10.00 Å². The quantitative estimate of drug-likeness (QED) is 0.676. The fourth-order valence-electron chi connectivity index (χ4n) is 2.19. The van der Waals surface area contributed by atoms with Gasteiger partial charge in [0.05, 0.1) is 6.07 Å². The zero-order chi connectivity index (χ0) is 11.9. The number of nitrogens with zero attached hydrogens (tertiary/aromatic N) is 1. The molecule has 1 atom stereocenters. The van der Waals surface area contributed by atoms with E-state index in [1.54, 1.807) is 0 Å². The van der Waals surface area contributed by atoms with Gasteiger partial charge in [0, 0.05) is 13.2 Å². The van der Waals surface area contributed by atoms with Crippen LogP contribution in [0.1, 0.15) is 45.4 Å². The Labute approximate surface area is 99.2 Å². The highest BCUT2D eigenvalue weighted by Crippen LogP contribution is 2.24. The normalized spacial score (nSPS) is 20.6. The van der Waals surface area contributed by atoms with Crippen LogP contribution < -0.4 is 5.32 Å². The second kappa shape index (κ2) is 6.88. The van der Waals surface area contributed by atoms with Crippen molar-refractivity contribution in [3.05, 3.63) is 0 Å². The van der Waals surface area contributed by atoms with Gasteiger partial charge in [0.15, 0.2) is 0 Å². The second-order valence-corrected chi connectivity index (χ2v) is 5.02. The van der Waals surface area contributed by atoms with Crippen molar-refractivity contribution in [3.8, 4) is 6.07 Å². The Morgan fingerprint density at radius 3 is 2.69 bits per heavy atom. The van der Waals surface area contributed by atoms with Gasteiger partial charge >= 0.3 is 0 Å². The molecule has 0 aromatic carbocycles. The Morgan fingerprint density at radius 1 is 1.44 bits per heavy atom. The number of ether oxygens (including phenoxy) is 1. The third-order valence-electron chi connectivity index (χ3n) is 3.59. The Hall–Kier alpha value is -0.590. The van der Waals surface area contributed by atoms with Crippen LogP contribution in [0.5, 0.6) is 0 Å². The summed E-state index contributed by atoms with van der Waals surface area (Å²) in [6.07, 6.45) is 7.24. The first kappa shape index (κ1) is 13.5. The van der Waals surface area contributed by atoms with Gasteiger partial charge in [-0.25, -0.2) is 0 Å². The lowest BCUT2D eigenvalue weighted by atomic mass is 9.98. The molecule has 3 nitrogen and oxygen atoms in total. The van der Waals surface area contributed by atoms with E-state index in [0.717, 1.165) is 32.0 Å². The van der Waals surface area contributed by atoms with Gasteiger partial charge < -0.3 is 10.1 Å². The maximum Gasteiger partial charge on any atom is 0.103 e. The van der Waals surface area contributed by atoms with Gasteiger partial charge in [0.1, 0.15) is 5.54 Å². The number of nitriles is 1. The Bertz CT molecular complexity index is 231. The second-order valence-electron chi connectivity index (χ2n) is 5.02. The Kier molecular flexibility index (Phi) is 5.79. The molecule has 1 fully saturated rings. The zero-order valence-electron chi connectivity index (χ0n) is 10.6. The predicted molar refractivity (Wildman–Crippen MR) is 65.1 cm³/mol. The maximum atomic E-state index is 8.96. The van der Waals surface area contributed by atoms with E-state index in [9.17, 15) is 0 Å². The highest BCUT2D eigenvalue weighted by Gasteiger charge is 2.20. The fraction of sp³-hybridized carbons (Fsp3) is 0.923. The zero-order valence-corrected chi connectivity index (χ0v) is 10.6. The van der Waals surface area contributed by atoms with Crippen molar-refractivity contribution < 1.29 is 4.74 Å². The van der Waals surface area contributed by atoms with Crippen molar-refractivity contribution in [2.75, 3.05) is 20.3 Å². The molecule has 92 valence electrons. The molecule has 1 N–H and O–H groups in total. The first-order valence-corrected chi connectivity index (χ1v) is 6.38. The fourth-order valence-corrected chi connectivity index (χ4v) is 2.19. The molecule has 1 rings (SSSR count). The summed E-state index contributed by atoms with van der Waals surface area (Å²) in [5.74, 6) is 0.798. The largest absolute Gasteiger partial charge is 0.381 e. The van der Waals surface area contributed by atoms with Crippen molar-refractivity contribution in [3.63, 3.8) is 0 Å². The molecular formula is C13H24N2O. The van der Waals surface area contributed by atoms with Crippen LogP contribution in [0, 0.1) is 17.2 Å². The van der Waals surface area contributed by atoms with Crippen LogP contribution in [0.15, 0.2) is 0 Å². The van der Waals surface area contributed by atoms with E-state index >= 15 is 0 Å². The minimum Gasteiger partial charge on any atom is -0.381 e. The molecule has 1 aliphatic carbocycles. The lowest BCUT2D eigenvalue weighted by Crippen LogP contribution is -2.38. The molecule has 0 amide bonds. The summed E-state index contributed by atoms with van der Waals surface area (Å²) in [4.78, 5) is 0. The Balaban J connectivity index is 2.01. The molecule has 16 heavy (non-hydrogen) atoms. The average molecular weight is 224 g/mol. The van der Waals surface area contributed by atoms with Gasteiger partial charge in [0.25, 0.3) is 0 Å². The monoisotopic (exact) mass is 224 g/mol. The highest BCUT2D eigenvalue weighted by molar-refractivity contribution is 5.02. The van der Waals surface area contributed by atoms with E-state index in [2.05, 4.69) is 11.4 Å². The first-order chi connectivity index (χ1) is 7.70. The van der Waals surface area contributed by atoms with E-state index in [1.807, 2.05) is 14.0 Å². The lowest BCUT2D eigenvalue weighted by Gasteiger charge is -2.20. The SMILES string of the molecule is CNC(C)(C#N)CCCOCC1CCCC1. The summed E-state index contributed by atoms with van der Waals surface area (Å²) in [6.45, 7) is 3.64. The minimum absolute atomic E-state index is 0.392. The van der Waals surface area contributed by atoms with Gasteiger partial charge in [-0.2, -0.15) is 5.26 Å². The number of hydrogen-bond acceptors (Lipinski definition) is 3. The van der Waals surface area contributed by atoms with Crippen molar-refractivity contribution in [1.29, 1.82) is 5.26 Å². The van der Waals surface area contributed by atoms with Gasteiger partial charge in [0.2, 0.25) is 0 Å². The summed E-state index contributed by atoms with van der Waals surface area (Å²) in [7, 11) is 1.84. The smallest absolute Gasteiger partial charge is 0.103 e. The van der Waals surface area contributed by atoms with Crippen LogP contribution in [-0.2, 0) is 4.74 Å². The van der Waals surface area contributed by atoms with Gasteiger partial charge in [-0.15, -0.1) is 0 Å². The molecule has 1 saturated carbocycles. The summed E-state index contributed by atoms with van der Waals surface area (Å²) < 4.78 is 5.66. The number of hydrogen-bond donors (Lipinski definition) is 1. The third kappa shape index (κ3) is 4.51. The molecule has 0 aromatic rings. The van der Waals surface area contributed by atoms with Crippen LogP contribution in [0.4, 0.5) is 0 Å². The van der Waals surface area contributed by atoms with Gasteiger partial charge in [-0.3, -0.25) is 0 Å². The van der Waals surface area contributed by atoms with Crippen LogP contribution in [0.3, 0.4) is 0 Å². The molecule has 0 heterocycles. The molecule has 1 unspecified atom stereocenters. The van der Waals surface area contributed by atoms with E-state index in [0.29, 0.717) is 0 Å². The molecule has 0 aromatic heterocycles. The van der Waals surface area contributed by atoms with Crippen LogP contribution in [0.2, 0.25) is 0 Å². The highest BCUT2D eigenvalue weighted by atomic mass is 16.5. The van der Waals surface area contributed by atoms with Crippen molar-refractivity contribution in [2.45, 2.75) is 51.0 Å². The minimum atomic E-state index is -0.392. The summed E-state index contributed by atoms with van der Waals surface area (Å²) >= 11 is 0. The number of rotatable bonds is 7. The standard InChI is InChI=1S/C13H24N2O/c1-13(11-14,15-2)8-5-9-16-10-12-6-3-4-7-12/h12,15H,3-10H2,1-2H3. The topological polar surface area (TPSA) is 45.0 Å². The van der Waals surface area contributed by atoms with Crippen LogP contribution in [-0.4, -0.2) is 25.8 Å².